The van der Waals surface area contributed by atoms with Crippen LogP contribution in [0.15, 0.2) is 42.5 Å². The number of benzene rings is 1. The van der Waals surface area contributed by atoms with Crippen LogP contribution in [-0.4, -0.2) is 58.6 Å². The number of H-pyrrole nitrogens is 1. The van der Waals surface area contributed by atoms with Gasteiger partial charge in [0.2, 0.25) is 0 Å². The van der Waals surface area contributed by atoms with E-state index in [1.807, 2.05) is 30.0 Å². The predicted molar refractivity (Wildman–Crippen MR) is 91.1 cm³/mol. The van der Waals surface area contributed by atoms with Gasteiger partial charge in [-0.05, 0) is 18.6 Å². The summed E-state index contributed by atoms with van der Waals surface area (Å²) < 4.78 is 0. The molecule has 5 nitrogen and oxygen atoms in total. The maximum Gasteiger partial charge on any atom is 0.274 e. The minimum atomic E-state index is 0.0221. The van der Waals surface area contributed by atoms with Gasteiger partial charge in [-0.15, -0.1) is 0 Å². The first-order valence-corrected chi connectivity index (χ1v) is 7.97. The second-order valence-corrected chi connectivity index (χ2v) is 5.84. The molecule has 2 heterocycles. The number of aromatic amines is 1. The van der Waals surface area contributed by atoms with Gasteiger partial charge in [-0.2, -0.15) is 5.10 Å². The van der Waals surface area contributed by atoms with Crippen molar-refractivity contribution in [1.29, 1.82) is 0 Å². The second-order valence-electron chi connectivity index (χ2n) is 5.84. The summed E-state index contributed by atoms with van der Waals surface area (Å²) in [6.07, 6.45) is 4.33. The van der Waals surface area contributed by atoms with E-state index in [4.69, 9.17) is 0 Å². The fourth-order valence-electron chi connectivity index (χ4n) is 2.73. The van der Waals surface area contributed by atoms with E-state index < -0.39 is 0 Å². The summed E-state index contributed by atoms with van der Waals surface area (Å²) in [7, 11) is 0. The number of aryl methyl sites for hydroxylation is 1. The number of rotatable bonds is 4. The molecule has 0 saturated carbocycles. The highest BCUT2D eigenvalue weighted by molar-refractivity contribution is 5.92. The van der Waals surface area contributed by atoms with Gasteiger partial charge >= 0.3 is 0 Å². The Morgan fingerprint density at radius 1 is 1.22 bits per heavy atom. The van der Waals surface area contributed by atoms with Crippen LogP contribution >= 0.6 is 0 Å². The third-order valence-electron chi connectivity index (χ3n) is 4.06. The van der Waals surface area contributed by atoms with Crippen molar-refractivity contribution in [2.45, 2.75) is 6.92 Å². The molecule has 0 spiro atoms. The molecule has 1 amide bonds. The number of hydrogen-bond donors (Lipinski definition) is 1. The molecule has 5 heteroatoms. The number of carbonyl (C=O) groups is 1. The third kappa shape index (κ3) is 4.07. The van der Waals surface area contributed by atoms with Gasteiger partial charge in [-0.25, -0.2) is 0 Å². The largest absolute Gasteiger partial charge is 0.335 e. The first-order chi connectivity index (χ1) is 11.2. The lowest BCUT2D eigenvalue weighted by Crippen LogP contribution is -2.48. The van der Waals surface area contributed by atoms with Crippen LogP contribution in [0.5, 0.6) is 0 Å². The minimum Gasteiger partial charge on any atom is -0.335 e. The van der Waals surface area contributed by atoms with Crippen molar-refractivity contribution in [1.82, 2.24) is 20.0 Å². The van der Waals surface area contributed by atoms with E-state index in [-0.39, 0.29) is 5.91 Å². The predicted octanol–water partition coefficient (Wildman–Crippen LogP) is 2.19. The van der Waals surface area contributed by atoms with Crippen molar-refractivity contribution in [3.63, 3.8) is 0 Å². The molecule has 0 radical (unpaired) electrons. The van der Waals surface area contributed by atoms with Gasteiger partial charge < -0.3 is 4.90 Å². The summed E-state index contributed by atoms with van der Waals surface area (Å²) >= 11 is 0. The molecule has 1 aromatic heterocycles. The summed E-state index contributed by atoms with van der Waals surface area (Å²) in [6.45, 7) is 6.12. The lowest BCUT2D eigenvalue weighted by atomic mass is 10.2. The molecule has 0 atom stereocenters. The van der Waals surface area contributed by atoms with Crippen molar-refractivity contribution < 1.29 is 4.79 Å². The number of amides is 1. The van der Waals surface area contributed by atoms with Gasteiger partial charge in [0, 0.05) is 38.4 Å². The van der Waals surface area contributed by atoms with Gasteiger partial charge in [-0.3, -0.25) is 14.8 Å². The Hall–Kier alpha value is -2.40. The van der Waals surface area contributed by atoms with Gasteiger partial charge in [-0.1, -0.05) is 42.5 Å². The van der Waals surface area contributed by atoms with Gasteiger partial charge in [0.1, 0.15) is 5.69 Å². The van der Waals surface area contributed by atoms with E-state index in [0.717, 1.165) is 38.4 Å². The highest BCUT2D eigenvalue weighted by atomic mass is 16.2. The molecule has 0 bridgehead atoms. The van der Waals surface area contributed by atoms with Crippen molar-refractivity contribution in [3.05, 3.63) is 59.4 Å². The smallest absolute Gasteiger partial charge is 0.274 e. The quantitative estimate of drug-likeness (QED) is 0.942. The van der Waals surface area contributed by atoms with Crippen LogP contribution in [0.2, 0.25) is 0 Å². The molecule has 120 valence electrons. The lowest BCUT2D eigenvalue weighted by Gasteiger charge is -2.33. The highest BCUT2D eigenvalue weighted by Crippen LogP contribution is 2.08. The number of nitrogens with zero attached hydrogens (tertiary/aromatic N) is 3. The fourth-order valence-corrected chi connectivity index (χ4v) is 2.73. The first kappa shape index (κ1) is 15.5. The molecular formula is C18H22N4O. The van der Waals surface area contributed by atoms with Crippen LogP contribution in [0.25, 0.3) is 6.08 Å². The molecule has 3 rings (SSSR count). The summed E-state index contributed by atoms with van der Waals surface area (Å²) in [4.78, 5) is 16.6. The van der Waals surface area contributed by atoms with Crippen molar-refractivity contribution in [2.24, 2.45) is 0 Å². The normalized spacial score (nSPS) is 16.1. The molecule has 1 aliphatic rings. The Morgan fingerprint density at radius 2 is 1.96 bits per heavy atom. The van der Waals surface area contributed by atoms with Crippen LogP contribution in [-0.2, 0) is 0 Å². The fraction of sp³-hybridized carbons (Fsp3) is 0.333. The average molecular weight is 310 g/mol. The van der Waals surface area contributed by atoms with Crippen molar-refractivity contribution in [2.75, 3.05) is 32.7 Å². The lowest BCUT2D eigenvalue weighted by molar-refractivity contribution is 0.0644. The summed E-state index contributed by atoms with van der Waals surface area (Å²) in [5.74, 6) is 0.0221. The molecule has 0 aliphatic carbocycles. The number of carbonyl (C=O) groups excluding carboxylic acids is 1. The van der Waals surface area contributed by atoms with Gasteiger partial charge in [0.15, 0.2) is 0 Å². The van der Waals surface area contributed by atoms with Crippen LogP contribution in [0.4, 0.5) is 0 Å². The van der Waals surface area contributed by atoms with Gasteiger partial charge in [0.25, 0.3) is 5.91 Å². The number of piperazine rings is 1. The maximum atomic E-state index is 12.3. The SMILES string of the molecule is Cc1cc(C(=O)N2CCN(C/C=C/c3ccccc3)CC2)n[nH]1. The van der Waals surface area contributed by atoms with E-state index in [2.05, 4.69) is 39.4 Å². The molecule has 1 saturated heterocycles. The Bertz CT molecular complexity index is 669. The molecule has 1 N–H and O–H groups in total. The molecule has 2 aromatic rings. The van der Waals surface area contributed by atoms with E-state index >= 15 is 0 Å². The summed E-state index contributed by atoms with van der Waals surface area (Å²) in [5, 5.41) is 6.88. The maximum absolute atomic E-state index is 12.3. The molecule has 1 aromatic carbocycles. The van der Waals surface area contributed by atoms with E-state index in [1.165, 1.54) is 5.56 Å². The topological polar surface area (TPSA) is 52.2 Å². The van der Waals surface area contributed by atoms with Crippen molar-refractivity contribution in [3.8, 4) is 0 Å². The Labute approximate surface area is 136 Å². The standard InChI is InChI=1S/C18H22N4O/c1-15-14-17(20-19-15)18(23)22-12-10-21(11-13-22)9-5-8-16-6-3-2-4-7-16/h2-8,14H,9-13H2,1H3,(H,19,20)/b8-5+. The van der Waals surface area contributed by atoms with E-state index in [0.29, 0.717) is 5.69 Å². The van der Waals surface area contributed by atoms with Crippen LogP contribution < -0.4 is 0 Å². The Balaban J connectivity index is 1.47. The molecular weight excluding hydrogens is 288 g/mol. The molecule has 23 heavy (non-hydrogen) atoms. The number of nitrogens with one attached hydrogen (secondary N) is 1. The van der Waals surface area contributed by atoms with Crippen LogP contribution in [0.1, 0.15) is 21.7 Å². The summed E-state index contributed by atoms with van der Waals surface area (Å²) in [6, 6.07) is 12.1. The summed E-state index contributed by atoms with van der Waals surface area (Å²) in [5.41, 5.74) is 2.65. The third-order valence-corrected chi connectivity index (χ3v) is 4.06. The molecule has 0 unspecified atom stereocenters. The van der Waals surface area contributed by atoms with Crippen LogP contribution in [0, 0.1) is 6.92 Å². The Kier molecular flexibility index (Phi) is 4.88. The van der Waals surface area contributed by atoms with Gasteiger partial charge in [0.05, 0.1) is 0 Å². The zero-order valence-corrected chi connectivity index (χ0v) is 13.4. The first-order valence-electron chi connectivity index (χ1n) is 7.97. The average Bonchev–Trinajstić information content (AvgIpc) is 3.02. The number of hydrogen-bond acceptors (Lipinski definition) is 3. The number of aromatic nitrogens is 2. The van der Waals surface area contributed by atoms with Crippen molar-refractivity contribution >= 4 is 12.0 Å². The highest BCUT2D eigenvalue weighted by Gasteiger charge is 2.22. The molecule has 1 aliphatic heterocycles. The van der Waals surface area contributed by atoms with E-state index in [9.17, 15) is 4.79 Å². The monoisotopic (exact) mass is 310 g/mol. The Morgan fingerprint density at radius 3 is 2.61 bits per heavy atom. The zero-order valence-electron chi connectivity index (χ0n) is 13.4. The zero-order chi connectivity index (χ0) is 16.1. The van der Waals surface area contributed by atoms with Crippen LogP contribution in [0.3, 0.4) is 0 Å². The second kappa shape index (κ2) is 7.24. The molecule has 1 fully saturated rings. The van der Waals surface area contributed by atoms with E-state index in [1.54, 1.807) is 6.07 Å². The minimum absolute atomic E-state index is 0.0221.